The Bertz CT molecular complexity index is 412. The summed E-state index contributed by atoms with van der Waals surface area (Å²) in [6.07, 6.45) is 3.41. The minimum absolute atomic E-state index is 0.0517. The smallest absolute Gasteiger partial charge is 0.248 e. The molecule has 114 valence electrons. The van der Waals surface area contributed by atoms with E-state index >= 15 is 0 Å². The molecule has 1 unspecified atom stereocenters. The highest BCUT2D eigenvalue weighted by atomic mass is 79.9. The first-order valence-electron chi connectivity index (χ1n) is 7.35. The minimum Gasteiger partial charge on any atom is -0.313 e. The molecule has 1 N–H and O–H groups in total. The van der Waals surface area contributed by atoms with Crippen LogP contribution in [-0.2, 0) is 6.42 Å². The van der Waals surface area contributed by atoms with E-state index < -0.39 is 5.92 Å². The Kier molecular flexibility index (Phi) is 5.99. The molecule has 1 heterocycles. The number of nitrogens with one attached hydrogen (secondary N) is 1. The minimum atomic E-state index is -2.43. The molecule has 0 aliphatic heterocycles. The van der Waals surface area contributed by atoms with Crippen molar-refractivity contribution in [3.63, 3.8) is 0 Å². The summed E-state index contributed by atoms with van der Waals surface area (Å²) in [7, 11) is 0. The lowest BCUT2D eigenvalue weighted by atomic mass is 9.80. The Morgan fingerprint density at radius 2 is 2.10 bits per heavy atom. The number of alkyl halides is 2. The van der Waals surface area contributed by atoms with Gasteiger partial charge in [0.05, 0.1) is 3.79 Å². The molecule has 0 radical (unpaired) electrons. The highest BCUT2D eigenvalue weighted by Gasteiger charge is 2.37. The second-order valence-corrected chi connectivity index (χ2v) is 8.21. The zero-order valence-corrected chi connectivity index (χ0v) is 14.2. The van der Waals surface area contributed by atoms with Crippen molar-refractivity contribution in [2.24, 2.45) is 5.92 Å². The molecule has 1 fully saturated rings. The molecule has 0 amide bonds. The van der Waals surface area contributed by atoms with E-state index in [2.05, 4.69) is 40.3 Å². The number of hydrogen-bond donors (Lipinski definition) is 1. The molecular weight excluding hydrogens is 344 g/mol. The topological polar surface area (TPSA) is 12.0 Å². The second kappa shape index (κ2) is 7.32. The largest absolute Gasteiger partial charge is 0.313 e. The van der Waals surface area contributed by atoms with E-state index in [1.54, 1.807) is 11.3 Å². The molecule has 1 aliphatic rings. The fraction of sp³-hybridized carbons (Fsp3) is 0.733. The van der Waals surface area contributed by atoms with Crippen molar-refractivity contribution in [1.82, 2.24) is 5.32 Å². The van der Waals surface area contributed by atoms with E-state index in [0.717, 1.165) is 23.2 Å². The van der Waals surface area contributed by atoms with Gasteiger partial charge in [0.1, 0.15) is 0 Å². The molecular formula is C15H22BrF2NS. The van der Waals surface area contributed by atoms with Gasteiger partial charge in [-0.25, -0.2) is 8.78 Å². The average Bonchev–Trinajstić information content (AvgIpc) is 2.80. The van der Waals surface area contributed by atoms with Crippen LogP contribution in [-0.4, -0.2) is 18.5 Å². The Labute approximate surface area is 132 Å². The van der Waals surface area contributed by atoms with Crippen LogP contribution in [0.1, 0.15) is 43.9 Å². The molecule has 1 atom stereocenters. The van der Waals surface area contributed by atoms with Gasteiger partial charge in [-0.3, -0.25) is 0 Å². The van der Waals surface area contributed by atoms with Crippen LogP contribution in [0.2, 0.25) is 0 Å². The molecule has 2 rings (SSSR count). The van der Waals surface area contributed by atoms with Gasteiger partial charge < -0.3 is 5.32 Å². The molecule has 1 aromatic rings. The standard InChI is InChI=1S/C15H22BrF2NS/c1-2-9-19-13(10-12-3-4-14(16)20-12)11-5-7-15(17,18)8-6-11/h3-4,11,13,19H,2,5-10H2,1H3. The summed E-state index contributed by atoms with van der Waals surface area (Å²) in [6, 6.07) is 4.52. The molecule has 1 aromatic heterocycles. The number of halogens is 3. The van der Waals surface area contributed by atoms with E-state index in [1.807, 2.05) is 0 Å². The van der Waals surface area contributed by atoms with Gasteiger partial charge in [-0.05, 0) is 66.2 Å². The summed E-state index contributed by atoms with van der Waals surface area (Å²) >= 11 is 5.23. The van der Waals surface area contributed by atoms with Crippen LogP contribution in [0.3, 0.4) is 0 Å². The Morgan fingerprint density at radius 3 is 2.65 bits per heavy atom. The lowest BCUT2D eigenvalue weighted by Gasteiger charge is -2.34. The first-order valence-corrected chi connectivity index (χ1v) is 8.96. The van der Waals surface area contributed by atoms with Crippen LogP contribution >= 0.6 is 27.3 Å². The maximum absolute atomic E-state index is 13.3. The molecule has 5 heteroatoms. The Balaban J connectivity index is 1.96. The van der Waals surface area contributed by atoms with Crippen molar-refractivity contribution in [3.8, 4) is 0 Å². The van der Waals surface area contributed by atoms with Crippen LogP contribution in [0.25, 0.3) is 0 Å². The number of hydrogen-bond acceptors (Lipinski definition) is 2. The lowest BCUT2D eigenvalue weighted by Crippen LogP contribution is -2.41. The van der Waals surface area contributed by atoms with Gasteiger partial charge in [0.25, 0.3) is 0 Å². The van der Waals surface area contributed by atoms with Gasteiger partial charge in [0, 0.05) is 23.8 Å². The monoisotopic (exact) mass is 365 g/mol. The fourth-order valence-electron chi connectivity index (χ4n) is 2.88. The predicted molar refractivity (Wildman–Crippen MR) is 84.7 cm³/mol. The Hall–Kier alpha value is -0.0000000000000000833. The van der Waals surface area contributed by atoms with Gasteiger partial charge >= 0.3 is 0 Å². The molecule has 1 aliphatic carbocycles. The van der Waals surface area contributed by atoms with E-state index in [1.165, 1.54) is 4.88 Å². The quantitative estimate of drug-likeness (QED) is 0.725. The average molecular weight is 366 g/mol. The zero-order chi connectivity index (χ0) is 14.6. The first kappa shape index (κ1) is 16.4. The van der Waals surface area contributed by atoms with E-state index in [4.69, 9.17) is 0 Å². The third-order valence-corrected chi connectivity index (χ3v) is 5.68. The van der Waals surface area contributed by atoms with Gasteiger partial charge in [0.2, 0.25) is 5.92 Å². The normalized spacial score (nSPS) is 21.0. The summed E-state index contributed by atoms with van der Waals surface area (Å²) < 4.78 is 27.7. The first-order chi connectivity index (χ1) is 9.50. The van der Waals surface area contributed by atoms with Crippen molar-refractivity contribution in [3.05, 3.63) is 20.8 Å². The third-order valence-electron chi connectivity index (χ3n) is 4.04. The van der Waals surface area contributed by atoms with Crippen LogP contribution in [0.5, 0.6) is 0 Å². The fourth-order valence-corrected chi connectivity index (χ4v) is 4.42. The maximum atomic E-state index is 13.3. The third kappa shape index (κ3) is 4.78. The van der Waals surface area contributed by atoms with Crippen LogP contribution in [0.15, 0.2) is 15.9 Å². The SMILES string of the molecule is CCCNC(Cc1ccc(Br)s1)C1CCC(F)(F)CC1. The van der Waals surface area contributed by atoms with Gasteiger partial charge in [-0.2, -0.15) is 0 Å². The molecule has 0 spiro atoms. The van der Waals surface area contributed by atoms with Crippen LogP contribution in [0.4, 0.5) is 8.78 Å². The Morgan fingerprint density at radius 1 is 1.40 bits per heavy atom. The summed E-state index contributed by atoms with van der Waals surface area (Å²) in [4.78, 5) is 1.32. The molecule has 1 nitrogen and oxygen atoms in total. The molecule has 0 saturated heterocycles. The second-order valence-electron chi connectivity index (χ2n) is 5.66. The van der Waals surface area contributed by atoms with Gasteiger partial charge in [-0.1, -0.05) is 6.92 Å². The summed E-state index contributed by atoms with van der Waals surface area (Å²) in [5, 5.41) is 3.57. The van der Waals surface area contributed by atoms with Gasteiger partial charge in [-0.15, -0.1) is 11.3 Å². The van der Waals surface area contributed by atoms with Crippen molar-refractivity contribution in [2.75, 3.05) is 6.54 Å². The van der Waals surface area contributed by atoms with Crippen molar-refractivity contribution >= 4 is 27.3 Å². The van der Waals surface area contributed by atoms with Crippen molar-refractivity contribution < 1.29 is 8.78 Å². The van der Waals surface area contributed by atoms with Crippen LogP contribution < -0.4 is 5.32 Å². The predicted octanol–water partition coefficient (Wildman–Crippen LogP) is 5.25. The zero-order valence-electron chi connectivity index (χ0n) is 11.8. The lowest BCUT2D eigenvalue weighted by molar-refractivity contribution is -0.0494. The summed E-state index contributed by atoms with van der Waals surface area (Å²) in [5.74, 6) is -2.06. The number of rotatable bonds is 6. The molecule has 1 saturated carbocycles. The summed E-state index contributed by atoms with van der Waals surface area (Å²) in [5.41, 5.74) is 0. The highest BCUT2D eigenvalue weighted by molar-refractivity contribution is 9.11. The van der Waals surface area contributed by atoms with E-state index in [-0.39, 0.29) is 12.8 Å². The van der Waals surface area contributed by atoms with Crippen molar-refractivity contribution in [1.29, 1.82) is 0 Å². The highest BCUT2D eigenvalue weighted by Crippen LogP contribution is 2.38. The van der Waals surface area contributed by atoms with E-state index in [9.17, 15) is 8.78 Å². The molecule has 20 heavy (non-hydrogen) atoms. The summed E-state index contributed by atoms with van der Waals surface area (Å²) in [6.45, 7) is 3.10. The van der Waals surface area contributed by atoms with E-state index in [0.29, 0.717) is 24.8 Å². The van der Waals surface area contributed by atoms with Gasteiger partial charge in [0.15, 0.2) is 0 Å². The van der Waals surface area contributed by atoms with Crippen LogP contribution in [0, 0.1) is 5.92 Å². The maximum Gasteiger partial charge on any atom is 0.248 e. The number of thiophene rings is 1. The molecule has 0 bridgehead atoms. The van der Waals surface area contributed by atoms with Crippen molar-refractivity contribution in [2.45, 2.75) is 57.4 Å². The molecule has 0 aromatic carbocycles.